The number of nitrogens with one attached hydrogen (secondary N) is 2. The third-order valence-corrected chi connectivity index (χ3v) is 3.40. The fourth-order valence-corrected chi connectivity index (χ4v) is 2.12. The van der Waals surface area contributed by atoms with E-state index in [1.165, 1.54) is 0 Å². The molecule has 1 aromatic carbocycles. The van der Waals surface area contributed by atoms with Crippen LogP contribution < -0.4 is 10.6 Å². The van der Waals surface area contributed by atoms with Crippen LogP contribution in [0.4, 0.5) is 11.6 Å². The molecular weight excluding hydrogens is 284 g/mol. The van der Waals surface area contributed by atoms with Crippen LogP contribution in [0.5, 0.6) is 0 Å². The minimum atomic E-state index is 0.282. The van der Waals surface area contributed by atoms with Crippen molar-refractivity contribution in [1.29, 1.82) is 0 Å². The molecule has 0 bridgehead atoms. The molecule has 0 fully saturated rings. The summed E-state index contributed by atoms with van der Waals surface area (Å²) in [5.41, 5.74) is 1.05. The van der Waals surface area contributed by atoms with E-state index in [2.05, 4.69) is 34.4 Å². The average Bonchev–Trinajstić information content (AvgIpc) is 2.46. The third-order valence-electron chi connectivity index (χ3n) is 3.04. The molecule has 21 heavy (non-hydrogen) atoms. The molecule has 0 aliphatic heterocycles. The highest BCUT2D eigenvalue weighted by atomic mass is 35.5. The van der Waals surface area contributed by atoms with Crippen molar-refractivity contribution in [3.63, 3.8) is 0 Å². The summed E-state index contributed by atoms with van der Waals surface area (Å²) in [4.78, 5) is 9.06. The highest BCUT2D eigenvalue weighted by Crippen LogP contribution is 2.19. The molecule has 0 unspecified atom stereocenters. The number of hydrogen-bond acceptors (Lipinski definition) is 4. The van der Waals surface area contributed by atoms with Gasteiger partial charge in [-0.15, -0.1) is 0 Å². The largest absolute Gasteiger partial charge is 0.370 e. The van der Waals surface area contributed by atoms with Crippen molar-refractivity contribution in [2.24, 2.45) is 0 Å². The van der Waals surface area contributed by atoms with Crippen LogP contribution in [-0.2, 0) is 6.54 Å². The minimum Gasteiger partial charge on any atom is -0.370 e. The molecule has 0 saturated heterocycles. The second-order valence-corrected chi connectivity index (χ2v) is 5.53. The van der Waals surface area contributed by atoms with E-state index in [-0.39, 0.29) is 5.92 Å². The fraction of sp³-hybridized carbons (Fsp3) is 0.375. The first-order valence-corrected chi connectivity index (χ1v) is 7.58. The summed E-state index contributed by atoms with van der Waals surface area (Å²) in [5.74, 6) is 2.77. The zero-order valence-corrected chi connectivity index (χ0v) is 13.4. The number of benzene rings is 1. The molecular formula is C16H21ClN4. The number of halogens is 1. The number of rotatable bonds is 6. The first-order valence-electron chi connectivity index (χ1n) is 7.20. The molecule has 2 rings (SSSR count). The molecule has 0 atom stereocenters. The highest BCUT2D eigenvalue weighted by molar-refractivity contribution is 6.31. The van der Waals surface area contributed by atoms with E-state index in [1.807, 2.05) is 37.3 Å². The first kappa shape index (κ1) is 15.6. The summed E-state index contributed by atoms with van der Waals surface area (Å²) in [6.45, 7) is 7.69. The van der Waals surface area contributed by atoms with Crippen LogP contribution >= 0.6 is 11.6 Å². The smallest absolute Gasteiger partial charge is 0.135 e. The van der Waals surface area contributed by atoms with Gasteiger partial charge in [0.15, 0.2) is 0 Å². The second kappa shape index (κ2) is 7.27. The van der Waals surface area contributed by atoms with Crippen molar-refractivity contribution in [2.45, 2.75) is 33.2 Å². The predicted molar refractivity (Wildman–Crippen MR) is 89.1 cm³/mol. The van der Waals surface area contributed by atoms with Gasteiger partial charge in [0.05, 0.1) is 0 Å². The first-order chi connectivity index (χ1) is 10.1. The SMILES string of the molecule is CCNc1cc(NCc2ccccc2Cl)nc(C(C)C)n1. The monoisotopic (exact) mass is 304 g/mol. The maximum atomic E-state index is 6.17. The Balaban J connectivity index is 2.17. The lowest BCUT2D eigenvalue weighted by Crippen LogP contribution is -2.09. The molecule has 4 nitrogen and oxygen atoms in total. The maximum Gasteiger partial charge on any atom is 0.135 e. The molecule has 0 radical (unpaired) electrons. The van der Waals surface area contributed by atoms with E-state index in [0.717, 1.165) is 34.6 Å². The van der Waals surface area contributed by atoms with Gasteiger partial charge in [0.2, 0.25) is 0 Å². The topological polar surface area (TPSA) is 49.8 Å². The van der Waals surface area contributed by atoms with Crippen LogP contribution in [0.15, 0.2) is 30.3 Å². The molecule has 1 heterocycles. The van der Waals surface area contributed by atoms with Crippen LogP contribution in [0.25, 0.3) is 0 Å². The molecule has 0 amide bonds. The second-order valence-electron chi connectivity index (χ2n) is 5.13. The molecule has 1 aromatic heterocycles. The van der Waals surface area contributed by atoms with Crippen molar-refractivity contribution in [3.05, 3.63) is 46.7 Å². The van der Waals surface area contributed by atoms with Crippen molar-refractivity contribution in [1.82, 2.24) is 9.97 Å². The summed E-state index contributed by atoms with van der Waals surface area (Å²) in [5, 5.41) is 7.32. The van der Waals surface area contributed by atoms with Gasteiger partial charge in [0.25, 0.3) is 0 Å². The zero-order chi connectivity index (χ0) is 15.2. The Hall–Kier alpha value is -1.81. The van der Waals surface area contributed by atoms with Crippen molar-refractivity contribution < 1.29 is 0 Å². The number of nitrogens with zero attached hydrogens (tertiary/aromatic N) is 2. The summed E-state index contributed by atoms with van der Waals surface area (Å²) in [6.07, 6.45) is 0. The van der Waals surface area contributed by atoms with Crippen LogP contribution in [0.3, 0.4) is 0 Å². The lowest BCUT2D eigenvalue weighted by molar-refractivity contribution is 0.775. The van der Waals surface area contributed by atoms with Gasteiger partial charge in [-0.05, 0) is 18.6 Å². The van der Waals surface area contributed by atoms with Crippen LogP contribution in [0.1, 0.15) is 38.1 Å². The number of aromatic nitrogens is 2. The highest BCUT2D eigenvalue weighted by Gasteiger charge is 2.08. The molecule has 2 aromatic rings. The van der Waals surface area contributed by atoms with E-state index in [1.54, 1.807) is 0 Å². The Kier molecular flexibility index (Phi) is 5.39. The van der Waals surface area contributed by atoms with Gasteiger partial charge < -0.3 is 10.6 Å². The molecule has 0 aliphatic carbocycles. The van der Waals surface area contributed by atoms with Gasteiger partial charge in [-0.2, -0.15) is 0 Å². The normalized spacial score (nSPS) is 10.7. The molecule has 5 heteroatoms. The quantitative estimate of drug-likeness (QED) is 0.835. The standard InChI is InChI=1S/C16H21ClN4/c1-4-18-14-9-15(21-16(20-14)11(2)3)19-10-12-7-5-6-8-13(12)17/h5-9,11H,4,10H2,1-3H3,(H2,18,19,20,21). The van der Waals surface area contributed by atoms with E-state index in [4.69, 9.17) is 11.6 Å². The molecule has 0 aliphatic rings. The Morgan fingerprint density at radius 1 is 1.10 bits per heavy atom. The Bertz CT molecular complexity index is 599. The average molecular weight is 305 g/mol. The van der Waals surface area contributed by atoms with Crippen molar-refractivity contribution in [2.75, 3.05) is 17.2 Å². The Morgan fingerprint density at radius 2 is 1.76 bits per heavy atom. The van der Waals surface area contributed by atoms with Crippen LogP contribution in [-0.4, -0.2) is 16.5 Å². The van der Waals surface area contributed by atoms with E-state index in [0.29, 0.717) is 6.54 Å². The van der Waals surface area contributed by atoms with Crippen LogP contribution in [0.2, 0.25) is 5.02 Å². The Labute approximate surface area is 131 Å². The van der Waals surface area contributed by atoms with E-state index < -0.39 is 0 Å². The van der Waals surface area contributed by atoms with Crippen LogP contribution in [0, 0.1) is 0 Å². The summed E-state index contributed by atoms with van der Waals surface area (Å²) >= 11 is 6.17. The molecule has 2 N–H and O–H groups in total. The van der Waals surface area contributed by atoms with Gasteiger partial charge in [-0.1, -0.05) is 43.6 Å². The van der Waals surface area contributed by atoms with Gasteiger partial charge in [-0.25, -0.2) is 9.97 Å². The molecule has 112 valence electrons. The predicted octanol–water partition coefficient (Wildman–Crippen LogP) is 4.30. The minimum absolute atomic E-state index is 0.282. The summed E-state index contributed by atoms with van der Waals surface area (Å²) in [7, 11) is 0. The zero-order valence-electron chi connectivity index (χ0n) is 12.7. The van der Waals surface area contributed by atoms with E-state index in [9.17, 15) is 0 Å². The third kappa shape index (κ3) is 4.33. The van der Waals surface area contributed by atoms with Gasteiger partial charge >= 0.3 is 0 Å². The van der Waals surface area contributed by atoms with Crippen molar-refractivity contribution in [3.8, 4) is 0 Å². The van der Waals surface area contributed by atoms with Crippen molar-refractivity contribution >= 4 is 23.2 Å². The number of anilines is 2. The lowest BCUT2D eigenvalue weighted by atomic mass is 10.2. The van der Waals surface area contributed by atoms with Gasteiger partial charge in [0.1, 0.15) is 17.5 Å². The fourth-order valence-electron chi connectivity index (χ4n) is 1.91. The Morgan fingerprint density at radius 3 is 2.38 bits per heavy atom. The molecule has 0 spiro atoms. The lowest BCUT2D eigenvalue weighted by Gasteiger charge is -2.12. The molecule has 0 saturated carbocycles. The maximum absolute atomic E-state index is 6.17. The van der Waals surface area contributed by atoms with Gasteiger partial charge in [0, 0.05) is 30.1 Å². The summed E-state index contributed by atoms with van der Waals surface area (Å²) < 4.78 is 0. The van der Waals surface area contributed by atoms with Gasteiger partial charge in [-0.3, -0.25) is 0 Å². The van der Waals surface area contributed by atoms with E-state index >= 15 is 0 Å². The summed E-state index contributed by atoms with van der Waals surface area (Å²) in [6, 6.07) is 9.72. The number of hydrogen-bond donors (Lipinski definition) is 2.